The Morgan fingerprint density at radius 1 is 1.33 bits per heavy atom. The molecule has 2 N–H and O–H groups in total. The summed E-state index contributed by atoms with van der Waals surface area (Å²) in [6.45, 7) is 7.19. The van der Waals surface area contributed by atoms with Crippen molar-refractivity contribution < 1.29 is 8.42 Å². The van der Waals surface area contributed by atoms with Crippen LogP contribution in [-0.2, 0) is 10.0 Å². The van der Waals surface area contributed by atoms with Crippen LogP contribution in [0.5, 0.6) is 0 Å². The van der Waals surface area contributed by atoms with E-state index < -0.39 is 10.0 Å². The van der Waals surface area contributed by atoms with E-state index in [0.717, 1.165) is 44.7 Å². The van der Waals surface area contributed by atoms with E-state index in [0.29, 0.717) is 11.6 Å². The van der Waals surface area contributed by atoms with E-state index in [2.05, 4.69) is 14.9 Å². The molecule has 5 nitrogen and oxygen atoms in total. The molecule has 118 valence electrons. The van der Waals surface area contributed by atoms with Gasteiger partial charge in [-0.05, 0) is 31.5 Å². The van der Waals surface area contributed by atoms with Crippen molar-refractivity contribution in [1.82, 2.24) is 14.9 Å². The topological polar surface area (TPSA) is 61.4 Å². The van der Waals surface area contributed by atoms with Crippen molar-refractivity contribution in [1.29, 1.82) is 0 Å². The Kier molecular flexibility index (Phi) is 6.01. The highest BCUT2D eigenvalue weighted by Crippen LogP contribution is 2.24. The van der Waals surface area contributed by atoms with Gasteiger partial charge in [0, 0.05) is 32.7 Å². The predicted octanol–water partition coefficient (Wildman–Crippen LogP) is 1.22. The molecule has 1 saturated heterocycles. The smallest absolute Gasteiger partial charge is 0.242 e. The van der Waals surface area contributed by atoms with Gasteiger partial charge in [-0.1, -0.05) is 23.7 Å². The van der Waals surface area contributed by atoms with Crippen molar-refractivity contribution >= 4 is 21.6 Å². The summed E-state index contributed by atoms with van der Waals surface area (Å²) in [5.41, 5.74) is 0.764. The Morgan fingerprint density at radius 2 is 2.05 bits per heavy atom. The Labute approximate surface area is 131 Å². The molecule has 0 bridgehead atoms. The van der Waals surface area contributed by atoms with Crippen LogP contribution in [0.25, 0.3) is 0 Å². The van der Waals surface area contributed by atoms with Gasteiger partial charge in [0.05, 0.1) is 5.02 Å². The van der Waals surface area contributed by atoms with Crippen LogP contribution >= 0.6 is 11.6 Å². The largest absolute Gasteiger partial charge is 0.314 e. The van der Waals surface area contributed by atoms with Gasteiger partial charge in [-0.3, -0.25) is 0 Å². The van der Waals surface area contributed by atoms with Crippen LogP contribution in [0, 0.1) is 6.92 Å². The lowest BCUT2D eigenvalue weighted by Crippen LogP contribution is -2.44. The van der Waals surface area contributed by atoms with E-state index in [4.69, 9.17) is 11.6 Å². The maximum atomic E-state index is 12.2. The molecule has 1 aliphatic rings. The zero-order valence-corrected chi connectivity index (χ0v) is 13.8. The van der Waals surface area contributed by atoms with Crippen LogP contribution in [0.15, 0.2) is 23.1 Å². The van der Waals surface area contributed by atoms with Crippen molar-refractivity contribution in [2.75, 3.05) is 39.3 Å². The molecule has 0 aliphatic carbocycles. The van der Waals surface area contributed by atoms with Gasteiger partial charge in [0.25, 0.3) is 0 Å². The van der Waals surface area contributed by atoms with Crippen molar-refractivity contribution in [3.05, 3.63) is 28.8 Å². The molecule has 0 spiro atoms. The lowest BCUT2D eigenvalue weighted by atomic mass is 10.2. The first kappa shape index (κ1) is 16.7. The number of hydrogen-bond acceptors (Lipinski definition) is 4. The highest BCUT2D eigenvalue weighted by atomic mass is 35.5. The number of benzene rings is 1. The van der Waals surface area contributed by atoms with Gasteiger partial charge >= 0.3 is 0 Å². The first-order valence-corrected chi connectivity index (χ1v) is 9.05. The molecule has 0 saturated carbocycles. The number of hydrogen-bond donors (Lipinski definition) is 2. The Bertz CT molecular complexity index is 572. The SMILES string of the molecule is Cc1cccc(S(=O)(=O)NCCCN2CCNCC2)c1Cl. The minimum absolute atomic E-state index is 0.159. The van der Waals surface area contributed by atoms with E-state index in [1.54, 1.807) is 19.1 Å². The molecule has 0 unspecified atom stereocenters. The lowest BCUT2D eigenvalue weighted by molar-refractivity contribution is 0.239. The molecule has 1 fully saturated rings. The molecule has 0 amide bonds. The summed E-state index contributed by atoms with van der Waals surface area (Å²) >= 11 is 6.08. The molecule has 0 atom stereocenters. The molecule has 1 aliphatic heterocycles. The first-order valence-electron chi connectivity index (χ1n) is 7.18. The normalized spacial score (nSPS) is 17.0. The second kappa shape index (κ2) is 7.56. The monoisotopic (exact) mass is 331 g/mol. The van der Waals surface area contributed by atoms with Gasteiger partial charge in [-0.15, -0.1) is 0 Å². The van der Waals surface area contributed by atoms with Crippen LogP contribution in [-0.4, -0.2) is 52.6 Å². The van der Waals surface area contributed by atoms with E-state index in [-0.39, 0.29) is 4.90 Å². The van der Waals surface area contributed by atoms with Crippen molar-refractivity contribution in [2.24, 2.45) is 0 Å². The average Bonchev–Trinajstić information content (AvgIpc) is 2.47. The van der Waals surface area contributed by atoms with E-state index in [1.165, 1.54) is 6.07 Å². The van der Waals surface area contributed by atoms with Crippen LogP contribution in [0.2, 0.25) is 5.02 Å². The minimum Gasteiger partial charge on any atom is -0.314 e. The summed E-state index contributed by atoms with van der Waals surface area (Å²) in [7, 11) is -3.53. The van der Waals surface area contributed by atoms with Gasteiger partial charge < -0.3 is 10.2 Å². The van der Waals surface area contributed by atoms with Gasteiger partial charge in [0.15, 0.2) is 0 Å². The predicted molar refractivity (Wildman–Crippen MR) is 85.3 cm³/mol. The summed E-state index contributed by atoms with van der Waals surface area (Å²) in [6, 6.07) is 5.04. The quantitative estimate of drug-likeness (QED) is 0.770. The van der Waals surface area contributed by atoms with Gasteiger partial charge in [0.1, 0.15) is 4.90 Å². The molecular weight excluding hydrogens is 310 g/mol. The number of sulfonamides is 1. The summed E-state index contributed by atoms with van der Waals surface area (Å²) in [6.07, 6.45) is 0.794. The maximum absolute atomic E-state index is 12.2. The molecule has 21 heavy (non-hydrogen) atoms. The first-order chi connectivity index (χ1) is 10.0. The molecule has 1 heterocycles. The molecule has 0 radical (unpaired) electrons. The number of aryl methyl sites for hydroxylation is 1. The van der Waals surface area contributed by atoms with Crippen molar-refractivity contribution in [3.63, 3.8) is 0 Å². The second-order valence-corrected chi connectivity index (χ2v) is 7.34. The van der Waals surface area contributed by atoms with E-state index in [1.807, 2.05) is 0 Å². The minimum atomic E-state index is -3.53. The highest BCUT2D eigenvalue weighted by molar-refractivity contribution is 7.89. The fourth-order valence-electron chi connectivity index (χ4n) is 2.35. The van der Waals surface area contributed by atoms with Crippen LogP contribution in [0.3, 0.4) is 0 Å². The molecular formula is C14H22ClN3O2S. The fraction of sp³-hybridized carbons (Fsp3) is 0.571. The summed E-state index contributed by atoms with van der Waals surface area (Å²) in [5.74, 6) is 0. The molecule has 1 aromatic carbocycles. The van der Waals surface area contributed by atoms with Crippen molar-refractivity contribution in [2.45, 2.75) is 18.2 Å². The van der Waals surface area contributed by atoms with Gasteiger partial charge in [-0.2, -0.15) is 0 Å². The van der Waals surface area contributed by atoms with Crippen LogP contribution in [0.1, 0.15) is 12.0 Å². The van der Waals surface area contributed by atoms with Crippen LogP contribution < -0.4 is 10.0 Å². The standard InChI is InChI=1S/C14H22ClN3O2S/c1-12-4-2-5-13(14(12)15)21(19,20)17-6-3-9-18-10-7-16-8-11-18/h2,4-5,16-17H,3,6-11H2,1H3. The number of nitrogens with one attached hydrogen (secondary N) is 2. The molecule has 0 aromatic heterocycles. The third-order valence-electron chi connectivity index (χ3n) is 3.60. The number of piperazine rings is 1. The third kappa shape index (κ3) is 4.66. The Balaban J connectivity index is 1.85. The third-order valence-corrected chi connectivity index (χ3v) is 5.72. The number of halogens is 1. The summed E-state index contributed by atoms with van der Waals surface area (Å²) in [5, 5.41) is 3.59. The lowest BCUT2D eigenvalue weighted by Gasteiger charge is -2.27. The average molecular weight is 332 g/mol. The highest BCUT2D eigenvalue weighted by Gasteiger charge is 2.18. The molecule has 7 heteroatoms. The zero-order chi connectivity index (χ0) is 15.3. The van der Waals surface area contributed by atoms with E-state index >= 15 is 0 Å². The summed E-state index contributed by atoms with van der Waals surface area (Å²) in [4.78, 5) is 2.50. The maximum Gasteiger partial charge on any atom is 0.242 e. The molecule has 2 rings (SSSR count). The zero-order valence-electron chi connectivity index (χ0n) is 12.2. The number of nitrogens with zero attached hydrogens (tertiary/aromatic N) is 1. The second-order valence-electron chi connectivity index (χ2n) is 5.23. The summed E-state index contributed by atoms with van der Waals surface area (Å²) < 4.78 is 27.1. The van der Waals surface area contributed by atoms with Crippen LogP contribution in [0.4, 0.5) is 0 Å². The van der Waals surface area contributed by atoms with Gasteiger partial charge in [-0.25, -0.2) is 13.1 Å². The van der Waals surface area contributed by atoms with Crippen molar-refractivity contribution in [3.8, 4) is 0 Å². The molecule has 1 aromatic rings. The van der Waals surface area contributed by atoms with E-state index in [9.17, 15) is 8.42 Å². The fourth-order valence-corrected chi connectivity index (χ4v) is 4.00. The Hall–Kier alpha value is -0.660. The number of rotatable bonds is 6. The Morgan fingerprint density at radius 3 is 2.76 bits per heavy atom. The van der Waals surface area contributed by atoms with Gasteiger partial charge in [0.2, 0.25) is 10.0 Å².